The normalized spacial score (nSPS) is 14.1. The standard InChI is InChI=1S/C22H23N3O/c1-2-25(18-11-4-3-5-12-18)19-15-24(16-19)22(26)23-21-14-8-10-17-9-6-7-13-20(17)21/h3-14,19H,2,15-16H2,1H3,(H,23,26). The Labute approximate surface area is 154 Å². The number of likely N-dealkylation sites (N-methyl/N-ethyl adjacent to an activating group) is 1. The van der Waals surface area contributed by atoms with E-state index in [4.69, 9.17) is 0 Å². The molecule has 0 atom stereocenters. The monoisotopic (exact) mass is 345 g/mol. The topological polar surface area (TPSA) is 35.6 Å². The fourth-order valence-electron chi connectivity index (χ4n) is 3.62. The number of anilines is 2. The van der Waals surface area contributed by atoms with E-state index >= 15 is 0 Å². The number of fused-ring (bicyclic) bond motifs is 1. The SMILES string of the molecule is CCN(c1ccccc1)C1CN(C(=O)Nc2cccc3ccccc23)C1. The van der Waals surface area contributed by atoms with Crippen LogP contribution in [0.1, 0.15) is 6.92 Å². The van der Waals surface area contributed by atoms with E-state index in [1.807, 2.05) is 41.3 Å². The molecule has 4 rings (SSSR count). The molecule has 0 aliphatic carbocycles. The molecule has 4 nitrogen and oxygen atoms in total. The number of benzene rings is 3. The second-order valence-electron chi connectivity index (χ2n) is 6.64. The number of rotatable bonds is 4. The van der Waals surface area contributed by atoms with Crippen molar-refractivity contribution in [3.8, 4) is 0 Å². The maximum atomic E-state index is 12.6. The summed E-state index contributed by atoms with van der Waals surface area (Å²) >= 11 is 0. The van der Waals surface area contributed by atoms with Gasteiger partial charge in [-0.1, -0.05) is 54.6 Å². The summed E-state index contributed by atoms with van der Waals surface area (Å²) in [7, 11) is 0. The van der Waals surface area contributed by atoms with Gasteiger partial charge in [-0.15, -0.1) is 0 Å². The lowest BCUT2D eigenvalue weighted by molar-refractivity contribution is 0.161. The largest absolute Gasteiger partial charge is 0.365 e. The second-order valence-corrected chi connectivity index (χ2v) is 6.64. The molecule has 0 aromatic heterocycles. The van der Waals surface area contributed by atoms with Crippen molar-refractivity contribution in [2.75, 3.05) is 29.9 Å². The van der Waals surface area contributed by atoms with Gasteiger partial charge in [0.1, 0.15) is 0 Å². The van der Waals surface area contributed by atoms with Gasteiger partial charge < -0.3 is 15.1 Å². The summed E-state index contributed by atoms with van der Waals surface area (Å²) in [4.78, 5) is 16.9. The molecule has 0 saturated carbocycles. The van der Waals surface area contributed by atoms with Crippen LogP contribution in [-0.4, -0.2) is 36.6 Å². The predicted octanol–water partition coefficient (Wildman–Crippen LogP) is 4.58. The van der Waals surface area contributed by atoms with Gasteiger partial charge in [0.15, 0.2) is 0 Å². The number of urea groups is 1. The number of likely N-dealkylation sites (tertiary alicyclic amines) is 1. The summed E-state index contributed by atoms with van der Waals surface area (Å²) in [6, 6.07) is 24.8. The van der Waals surface area contributed by atoms with Gasteiger partial charge >= 0.3 is 6.03 Å². The van der Waals surface area contributed by atoms with E-state index in [9.17, 15) is 4.79 Å². The Morgan fingerprint density at radius 3 is 2.46 bits per heavy atom. The first-order valence-corrected chi connectivity index (χ1v) is 9.11. The van der Waals surface area contributed by atoms with Gasteiger partial charge in [-0.3, -0.25) is 0 Å². The highest BCUT2D eigenvalue weighted by Crippen LogP contribution is 2.26. The molecule has 3 aromatic carbocycles. The molecule has 1 fully saturated rings. The number of hydrogen-bond acceptors (Lipinski definition) is 2. The Kier molecular flexibility index (Phi) is 4.48. The highest BCUT2D eigenvalue weighted by Gasteiger charge is 2.34. The number of nitrogens with one attached hydrogen (secondary N) is 1. The highest BCUT2D eigenvalue weighted by atomic mass is 16.2. The van der Waals surface area contributed by atoms with E-state index in [-0.39, 0.29) is 6.03 Å². The van der Waals surface area contributed by atoms with Crippen LogP contribution in [0.15, 0.2) is 72.8 Å². The molecule has 1 N–H and O–H groups in total. The van der Waals surface area contributed by atoms with Crippen LogP contribution in [0.25, 0.3) is 10.8 Å². The number of nitrogens with zero attached hydrogens (tertiary/aromatic N) is 2. The van der Waals surface area contributed by atoms with Crippen LogP contribution in [0.4, 0.5) is 16.2 Å². The van der Waals surface area contributed by atoms with Crippen molar-refractivity contribution in [1.82, 2.24) is 4.90 Å². The number of amides is 2. The third-order valence-electron chi connectivity index (χ3n) is 5.05. The summed E-state index contributed by atoms with van der Waals surface area (Å²) in [5.74, 6) is 0. The Bertz CT molecular complexity index is 898. The van der Waals surface area contributed by atoms with Crippen molar-refractivity contribution in [1.29, 1.82) is 0 Å². The highest BCUT2D eigenvalue weighted by molar-refractivity contribution is 6.01. The van der Waals surface area contributed by atoms with Gasteiger partial charge in [-0.2, -0.15) is 0 Å². The predicted molar refractivity (Wildman–Crippen MR) is 108 cm³/mol. The minimum Gasteiger partial charge on any atom is -0.365 e. The van der Waals surface area contributed by atoms with Crippen LogP contribution in [0.2, 0.25) is 0 Å². The molecule has 1 aliphatic heterocycles. The number of carbonyl (C=O) groups is 1. The molecule has 1 aliphatic rings. The summed E-state index contributed by atoms with van der Waals surface area (Å²) in [6.45, 7) is 4.60. The van der Waals surface area contributed by atoms with Crippen LogP contribution in [0.3, 0.4) is 0 Å². The molecule has 0 bridgehead atoms. The second kappa shape index (κ2) is 7.08. The maximum absolute atomic E-state index is 12.6. The van der Waals surface area contributed by atoms with Gasteiger partial charge in [0.2, 0.25) is 0 Å². The third kappa shape index (κ3) is 3.10. The molecule has 132 valence electrons. The van der Waals surface area contributed by atoms with Crippen molar-refractivity contribution < 1.29 is 4.79 Å². The summed E-state index contributed by atoms with van der Waals surface area (Å²) < 4.78 is 0. The van der Waals surface area contributed by atoms with Crippen LogP contribution < -0.4 is 10.2 Å². The van der Waals surface area contributed by atoms with Gasteiger partial charge in [-0.05, 0) is 30.5 Å². The average molecular weight is 345 g/mol. The zero-order valence-electron chi connectivity index (χ0n) is 14.9. The van der Waals surface area contributed by atoms with Gasteiger partial charge in [0.05, 0.1) is 11.7 Å². The van der Waals surface area contributed by atoms with Crippen molar-refractivity contribution >= 4 is 28.2 Å². The summed E-state index contributed by atoms with van der Waals surface area (Å²) in [6.07, 6.45) is 0. The Balaban J connectivity index is 1.42. The van der Waals surface area contributed by atoms with Gasteiger partial charge in [0, 0.05) is 30.7 Å². The average Bonchev–Trinajstić information content (AvgIpc) is 2.65. The number of hydrogen-bond donors (Lipinski definition) is 1. The molecule has 1 saturated heterocycles. The first kappa shape index (κ1) is 16.5. The van der Waals surface area contributed by atoms with Crippen LogP contribution >= 0.6 is 0 Å². The molecule has 0 spiro atoms. The Morgan fingerprint density at radius 1 is 1.00 bits per heavy atom. The molecular formula is C22H23N3O. The Morgan fingerprint density at radius 2 is 1.69 bits per heavy atom. The van der Waals surface area contributed by atoms with Crippen molar-refractivity contribution in [2.45, 2.75) is 13.0 Å². The van der Waals surface area contributed by atoms with E-state index in [1.54, 1.807) is 0 Å². The molecule has 1 heterocycles. The van der Waals surface area contributed by atoms with E-state index in [0.717, 1.165) is 36.1 Å². The minimum atomic E-state index is -0.0262. The summed E-state index contributed by atoms with van der Waals surface area (Å²) in [5, 5.41) is 5.27. The van der Waals surface area contributed by atoms with E-state index < -0.39 is 0 Å². The Hall–Kier alpha value is -3.01. The molecular weight excluding hydrogens is 322 g/mol. The first-order chi connectivity index (χ1) is 12.8. The van der Waals surface area contributed by atoms with E-state index in [0.29, 0.717) is 6.04 Å². The van der Waals surface area contributed by atoms with E-state index in [2.05, 4.69) is 53.5 Å². The fraction of sp³-hybridized carbons (Fsp3) is 0.227. The first-order valence-electron chi connectivity index (χ1n) is 9.11. The summed E-state index contributed by atoms with van der Waals surface area (Å²) in [5.41, 5.74) is 2.08. The molecule has 0 radical (unpaired) electrons. The lowest BCUT2D eigenvalue weighted by Crippen LogP contribution is -2.62. The lowest BCUT2D eigenvalue weighted by atomic mass is 10.1. The van der Waals surface area contributed by atoms with Crippen LogP contribution in [-0.2, 0) is 0 Å². The van der Waals surface area contributed by atoms with Crippen molar-refractivity contribution in [3.05, 3.63) is 72.8 Å². The molecule has 2 amide bonds. The zero-order chi connectivity index (χ0) is 17.9. The zero-order valence-corrected chi connectivity index (χ0v) is 14.9. The smallest absolute Gasteiger partial charge is 0.322 e. The van der Waals surface area contributed by atoms with Crippen molar-refractivity contribution in [2.24, 2.45) is 0 Å². The molecule has 3 aromatic rings. The molecule has 26 heavy (non-hydrogen) atoms. The maximum Gasteiger partial charge on any atom is 0.322 e. The lowest BCUT2D eigenvalue weighted by Gasteiger charge is -2.46. The fourth-order valence-corrected chi connectivity index (χ4v) is 3.62. The van der Waals surface area contributed by atoms with Crippen molar-refractivity contribution in [3.63, 3.8) is 0 Å². The van der Waals surface area contributed by atoms with E-state index in [1.165, 1.54) is 5.69 Å². The number of carbonyl (C=O) groups excluding carboxylic acids is 1. The quantitative estimate of drug-likeness (QED) is 0.751. The van der Waals surface area contributed by atoms with Crippen LogP contribution in [0, 0.1) is 0 Å². The molecule has 0 unspecified atom stereocenters. The number of para-hydroxylation sites is 1. The van der Waals surface area contributed by atoms with Gasteiger partial charge in [0.25, 0.3) is 0 Å². The minimum absolute atomic E-state index is 0.0262. The van der Waals surface area contributed by atoms with Crippen LogP contribution in [0.5, 0.6) is 0 Å². The molecule has 4 heteroatoms. The third-order valence-corrected chi connectivity index (χ3v) is 5.05. The van der Waals surface area contributed by atoms with Gasteiger partial charge in [-0.25, -0.2) is 4.79 Å².